The van der Waals surface area contributed by atoms with E-state index in [1.165, 1.54) is 0 Å². The molecule has 210 valence electrons. The molecule has 14 heteroatoms. The number of hydrogen-bond acceptors (Lipinski definition) is 12. The summed E-state index contributed by atoms with van der Waals surface area (Å²) in [6, 6.07) is 6.71. The lowest BCUT2D eigenvalue weighted by Crippen LogP contribution is -2.55. The van der Waals surface area contributed by atoms with E-state index in [0.29, 0.717) is 5.75 Å². The summed E-state index contributed by atoms with van der Waals surface area (Å²) in [5.41, 5.74) is 0. The first-order valence-corrected chi connectivity index (χ1v) is 12.0. The molecule has 0 unspecified atom stereocenters. The maximum Gasteiger partial charge on any atom is 0.303 e. The highest BCUT2D eigenvalue weighted by Crippen LogP contribution is 2.20. The van der Waals surface area contributed by atoms with Gasteiger partial charge < -0.3 is 33.7 Å². The number of carbonyl (C=O) groups excluding carboxylic acids is 6. The Labute approximate surface area is 227 Å². The number of ether oxygens (including phenoxy) is 6. The third-order valence-electron chi connectivity index (χ3n) is 4.43. The van der Waals surface area contributed by atoms with E-state index in [2.05, 4.69) is 21.2 Å². The minimum Gasteiger partial charge on any atom is -0.484 e. The summed E-state index contributed by atoms with van der Waals surface area (Å²) >= 11 is 3.29. The normalized spacial score (nSPS) is 13.5. The lowest BCUT2D eigenvalue weighted by Gasteiger charge is -2.35. The fraction of sp³-hybridized carbons (Fsp3) is 0.500. The second-order valence-corrected chi connectivity index (χ2v) is 8.71. The topological polar surface area (TPSA) is 170 Å². The maximum atomic E-state index is 12.4. The quantitative estimate of drug-likeness (QED) is 0.238. The second kappa shape index (κ2) is 16.2. The lowest BCUT2D eigenvalue weighted by molar-refractivity contribution is -0.202. The number of hydrogen-bond donors (Lipinski definition) is 1. The number of carbonyl (C=O) groups is 6. The van der Waals surface area contributed by atoms with Crippen LogP contribution in [0.4, 0.5) is 0 Å². The molecule has 0 saturated heterocycles. The number of nitrogens with one attached hydrogen (secondary N) is 1. The molecule has 0 bridgehead atoms. The number of benzene rings is 1. The van der Waals surface area contributed by atoms with Crippen molar-refractivity contribution in [2.24, 2.45) is 0 Å². The standard InChI is InChI=1S/C24H30BrNO12/c1-13(27)33-11-21(36-15(3)29)24(38-17(5)31)23(37-16(4)30)20(35-14(2)28)10-26-22(32)12-34-19-8-6-18(25)7-9-19/h6-9,20-21,23-24H,10-12H2,1-5H3,(H,26,32)/t20-,21+,23+,24+/m1/s1. The molecule has 1 N–H and O–H groups in total. The summed E-state index contributed by atoms with van der Waals surface area (Å²) in [6.07, 6.45) is -6.07. The third kappa shape index (κ3) is 13.0. The highest BCUT2D eigenvalue weighted by Gasteiger charge is 2.44. The minimum atomic E-state index is -1.60. The summed E-state index contributed by atoms with van der Waals surface area (Å²) in [5, 5.41) is 2.49. The number of halogens is 1. The van der Waals surface area contributed by atoms with Crippen LogP contribution >= 0.6 is 15.9 Å². The van der Waals surface area contributed by atoms with Crippen LogP contribution in [0.15, 0.2) is 28.7 Å². The van der Waals surface area contributed by atoms with Gasteiger partial charge in [-0.05, 0) is 24.3 Å². The zero-order chi connectivity index (χ0) is 28.8. The van der Waals surface area contributed by atoms with Gasteiger partial charge in [0, 0.05) is 39.1 Å². The molecule has 0 aromatic heterocycles. The Bertz CT molecular complexity index is 997. The Morgan fingerprint density at radius 2 is 1.18 bits per heavy atom. The molecule has 0 heterocycles. The van der Waals surface area contributed by atoms with Crippen molar-refractivity contribution in [2.75, 3.05) is 19.8 Å². The van der Waals surface area contributed by atoms with Crippen molar-refractivity contribution in [3.63, 3.8) is 0 Å². The van der Waals surface area contributed by atoms with Crippen molar-refractivity contribution >= 4 is 51.7 Å². The highest BCUT2D eigenvalue weighted by molar-refractivity contribution is 9.10. The van der Waals surface area contributed by atoms with Gasteiger partial charge in [-0.25, -0.2) is 0 Å². The van der Waals surface area contributed by atoms with Crippen LogP contribution < -0.4 is 10.1 Å². The fourth-order valence-corrected chi connectivity index (χ4v) is 3.35. The molecule has 1 rings (SSSR count). The van der Waals surface area contributed by atoms with Gasteiger partial charge in [-0.2, -0.15) is 0 Å². The Kier molecular flexibility index (Phi) is 13.8. The van der Waals surface area contributed by atoms with E-state index < -0.39 is 79.9 Å². The van der Waals surface area contributed by atoms with Gasteiger partial charge >= 0.3 is 29.8 Å². The van der Waals surface area contributed by atoms with E-state index in [4.69, 9.17) is 28.4 Å². The first-order chi connectivity index (χ1) is 17.8. The molecule has 1 amide bonds. The molecule has 0 fully saturated rings. The molecule has 1 aromatic rings. The van der Waals surface area contributed by atoms with Gasteiger partial charge in [0.25, 0.3) is 5.91 Å². The molecule has 0 spiro atoms. The van der Waals surface area contributed by atoms with Crippen LogP contribution in [-0.2, 0) is 52.5 Å². The van der Waals surface area contributed by atoms with Gasteiger partial charge in [0.15, 0.2) is 31.0 Å². The van der Waals surface area contributed by atoms with Gasteiger partial charge in [-0.1, -0.05) is 15.9 Å². The molecule has 0 aliphatic carbocycles. The number of rotatable bonds is 14. The first-order valence-electron chi connectivity index (χ1n) is 11.3. The van der Waals surface area contributed by atoms with Crippen LogP contribution in [0, 0.1) is 0 Å². The maximum absolute atomic E-state index is 12.4. The second-order valence-electron chi connectivity index (χ2n) is 7.79. The predicted molar refractivity (Wildman–Crippen MR) is 131 cm³/mol. The molecule has 38 heavy (non-hydrogen) atoms. The van der Waals surface area contributed by atoms with Crippen molar-refractivity contribution in [1.82, 2.24) is 5.32 Å². The smallest absolute Gasteiger partial charge is 0.303 e. The SMILES string of the molecule is CC(=O)OC[C@H](OC(C)=O)[C@H](OC(C)=O)[C@@H](OC(C)=O)[C@@H](CNC(=O)COc1ccc(Br)cc1)OC(C)=O. The average Bonchev–Trinajstić information content (AvgIpc) is 2.80. The van der Waals surface area contributed by atoms with E-state index in [9.17, 15) is 28.8 Å². The Hall–Kier alpha value is -3.68. The van der Waals surface area contributed by atoms with Crippen LogP contribution in [0.3, 0.4) is 0 Å². The zero-order valence-electron chi connectivity index (χ0n) is 21.5. The van der Waals surface area contributed by atoms with Gasteiger partial charge in [-0.3, -0.25) is 28.8 Å². The fourth-order valence-electron chi connectivity index (χ4n) is 3.08. The Morgan fingerprint density at radius 3 is 1.66 bits per heavy atom. The van der Waals surface area contributed by atoms with E-state index in [1.807, 2.05) is 0 Å². The van der Waals surface area contributed by atoms with Gasteiger partial charge in [0.05, 0.1) is 6.54 Å². The summed E-state index contributed by atoms with van der Waals surface area (Å²) < 4.78 is 32.1. The average molecular weight is 604 g/mol. The molecule has 0 saturated carbocycles. The first kappa shape index (κ1) is 32.3. The van der Waals surface area contributed by atoms with Crippen molar-refractivity contribution in [3.05, 3.63) is 28.7 Å². The largest absolute Gasteiger partial charge is 0.484 e. The molecule has 13 nitrogen and oxygen atoms in total. The molecule has 0 aliphatic heterocycles. The summed E-state index contributed by atoms with van der Waals surface area (Å²) in [5.74, 6) is -4.33. The minimum absolute atomic E-state index is 0.400. The molecule has 4 atom stereocenters. The lowest BCUT2D eigenvalue weighted by atomic mass is 10.0. The van der Waals surface area contributed by atoms with E-state index >= 15 is 0 Å². The van der Waals surface area contributed by atoms with Crippen LogP contribution in [0.2, 0.25) is 0 Å². The van der Waals surface area contributed by atoms with Crippen LogP contribution in [0.5, 0.6) is 5.75 Å². The molecular weight excluding hydrogens is 574 g/mol. The monoisotopic (exact) mass is 603 g/mol. The number of amides is 1. The van der Waals surface area contributed by atoms with Crippen LogP contribution in [-0.4, -0.2) is 79.9 Å². The van der Waals surface area contributed by atoms with Gasteiger partial charge in [0.2, 0.25) is 0 Å². The van der Waals surface area contributed by atoms with Crippen molar-refractivity contribution in [3.8, 4) is 5.75 Å². The van der Waals surface area contributed by atoms with Crippen LogP contribution in [0.1, 0.15) is 34.6 Å². The molecule has 0 aliphatic rings. The molecule has 1 aromatic carbocycles. The Morgan fingerprint density at radius 1 is 0.711 bits per heavy atom. The molecule has 0 radical (unpaired) electrons. The van der Waals surface area contributed by atoms with E-state index in [0.717, 1.165) is 39.1 Å². The summed E-state index contributed by atoms with van der Waals surface area (Å²) in [6.45, 7) is 3.91. The number of esters is 5. The Balaban J connectivity index is 3.20. The molecular formula is C24H30BrNO12. The van der Waals surface area contributed by atoms with Crippen molar-refractivity contribution in [1.29, 1.82) is 0 Å². The van der Waals surface area contributed by atoms with Crippen molar-refractivity contribution in [2.45, 2.75) is 59.0 Å². The van der Waals surface area contributed by atoms with Gasteiger partial charge in [-0.15, -0.1) is 0 Å². The van der Waals surface area contributed by atoms with Crippen LogP contribution in [0.25, 0.3) is 0 Å². The zero-order valence-corrected chi connectivity index (χ0v) is 23.1. The van der Waals surface area contributed by atoms with Crippen molar-refractivity contribution < 1.29 is 57.2 Å². The predicted octanol–water partition coefficient (Wildman–Crippen LogP) is 1.23. The van der Waals surface area contributed by atoms with E-state index in [-0.39, 0.29) is 0 Å². The highest BCUT2D eigenvalue weighted by atomic mass is 79.9. The van der Waals surface area contributed by atoms with E-state index in [1.54, 1.807) is 24.3 Å². The van der Waals surface area contributed by atoms with Gasteiger partial charge in [0.1, 0.15) is 12.4 Å². The third-order valence-corrected chi connectivity index (χ3v) is 4.96. The summed E-state index contributed by atoms with van der Waals surface area (Å²) in [4.78, 5) is 71.3. The summed E-state index contributed by atoms with van der Waals surface area (Å²) in [7, 11) is 0.